The Labute approximate surface area is 137 Å². The molecular formula is C15H16BrClN2O2. The van der Waals surface area contributed by atoms with Gasteiger partial charge in [0.05, 0.1) is 36.7 Å². The van der Waals surface area contributed by atoms with Crippen LogP contribution in [0, 0.1) is 0 Å². The van der Waals surface area contributed by atoms with Gasteiger partial charge in [0, 0.05) is 17.2 Å². The summed E-state index contributed by atoms with van der Waals surface area (Å²) in [6, 6.07) is 9.51. The van der Waals surface area contributed by atoms with Crippen LogP contribution in [0.5, 0.6) is 5.75 Å². The van der Waals surface area contributed by atoms with Crippen molar-refractivity contribution in [3.63, 3.8) is 0 Å². The number of hydrogen-bond acceptors (Lipinski definition) is 4. The molecule has 1 heterocycles. The van der Waals surface area contributed by atoms with Gasteiger partial charge >= 0.3 is 0 Å². The van der Waals surface area contributed by atoms with Gasteiger partial charge in [0.25, 0.3) is 0 Å². The average Bonchev–Trinajstić information content (AvgIpc) is 2.49. The van der Waals surface area contributed by atoms with Gasteiger partial charge in [0.15, 0.2) is 0 Å². The first-order valence-corrected chi connectivity index (χ1v) is 7.61. The minimum atomic E-state index is 0.0449. The summed E-state index contributed by atoms with van der Waals surface area (Å²) in [6.45, 7) is 1.07. The molecule has 2 aromatic rings. The fourth-order valence-corrected chi connectivity index (χ4v) is 2.80. The monoisotopic (exact) mass is 370 g/mol. The van der Waals surface area contributed by atoms with Gasteiger partial charge in [-0.3, -0.25) is 4.98 Å². The molecule has 1 aromatic carbocycles. The van der Waals surface area contributed by atoms with E-state index < -0.39 is 0 Å². The highest BCUT2D eigenvalue weighted by molar-refractivity contribution is 9.10. The lowest BCUT2D eigenvalue weighted by Crippen LogP contribution is -2.27. The van der Waals surface area contributed by atoms with Crippen LogP contribution in [0.15, 0.2) is 41.0 Å². The first-order valence-electron chi connectivity index (χ1n) is 6.44. The third kappa shape index (κ3) is 4.09. The van der Waals surface area contributed by atoms with Crippen molar-refractivity contribution < 1.29 is 9.84 Å². The summed E-state index contributed by atoms with van der Waals surface area (Å²) >= 11 is 9.38. The zero-order valence-electron chi connectivity index (χ0n) is 11.6. The Bertz CT molecular complexity index is 610. The van der Waals surface area contributed by atoms with Crippen molar-refractivity contribution in [3.05, 3.63) is 51.7 Å². The van der Waals surface area contributed by atoms with Crippen LogP contribution in [0.25, 0.3) is 0 Å². The molecule has 0 aliphatic carbocycles. The maximum absolute atomic E-state index is 9.32. The maximum atomic E-state index is 9.32. The highest BCUT2D eigenvalue weighted by Gasteiger charge is 2.14. The van der Waals surface area contributed by atoms with E-state index in [1.165, 1.54) is 0 Å². The van der Waals surface area contributed by atoms with Gasteiger partial charge in [-0.25, -0.2) is 0 Å². The minimum absolute atomic E-state index is 0.0449. The van der Waals surface area contributed by atoms with Crippen molar-refractivity contribution in [3.8, 4) is 5.75 Å². The fourth-order valence-electron chi connectivity index (χ4n) is 2.04. The van der Waals surface area contributed by atoms with E-state index in [2.05, 4.69) is 20.9 Å². The van der Waals surface area contributed by atoms with Crippen LogP contribution < -0.4 is 9.64 Å². The zero-order valence-corrected chi connectivity index (χ0v) is 13.9. The normalized spacial score (nSPS) is 10.5. The van der Waals surface area contributed by atoms with Crippen molar-refractivity contribution in [2.75, 3.05) is 25.2 Å². The second-order valence-electron chi connectivity index (χ2n) is 4.40. The van der Waals surface area contributed by atoms with E-state index in [4.69, 9.17) is 16.3 Å². The Morgan fingerprint density at radius 2 is 2.14 bits per heavy atom. The number of halogens is 2. The Hall–Kier alpha value is -1.30. The van der Waals surface area contributed by atoms with Crippen molar-refractivity contribution in [1.29, 1.82) is 0 Å². The predicted molar refractivity (Wildman–Crippen MR) is 88.1 cm³/mol. The molecule has 0 atom stereocenters. The molecule has 4 nitrogen and oxygen atoms in total. The Kier molecular flexibility index (Phi) is 5.85. The van der Waals surface area contributed by atoms with Gasteiger partial charge in [0.2, 0.25) is 0 Å². The molecule has 21 heavy (non-hydrogen) atoms. The number of benzene rings is 1. The third-order valence-electron chi connectivity index (χ3n) is 3.02. The number of aliphatic hydroxyl groups excluding tert-OH is 1. The number of pyridine rings is 1. The molecule has 1 aromatic heterocycles. The average molecular weight is 372 g/mol. The molecule has 0 amide bonds. The molecule has 0 unspecified atom stereocenters. The van der Waals surface area contributed by atoms with Crippen LogP contribution in [0.4, 0.5) is 5.69 Å². The molecule has 0 aliphatic heterocycles. The Balaban J connectivity index is 2.30. The van der Waals surface area contributed by atoms with E-state index in [1.54, 1.807) is 13.3 Å². The minimum Gasteiger partial charge on any atom is -0.495 e. The first kappa shape index (κ1) is 16.1. The van der Waals surface area contributed by atoms with Crippen LogP contribution in [0.3, 0.4) is 0 Å². The van der Waals surface area contributed by atoms with E-state index in [0.29, 0.717) is 18.1 Å². The van der Waals surface area contributed by atoms with Gasteiger partial charge in [-0.2, -0.15) is 0 Å². The summed E-state index contributed by atoms with van der Waals surface area (Å²) in [6.07, 6.45) is 1.61. The number of aliphatic hydroxyl groups is 1. The van der Waals surface area contributed by atoms with E-state index in [9.17, 15) is 5.11 Å². The van der Waals surface area contributed by atoms with Crippen LogP contribution in [0.1, 0.15) is 5.69 Å². The highest BCUT2D eigenvalue weighted by atomic mass is 79.9. The maximum Gasteiger partial charge on any atom is 0.142 e. The van der Waals surface area contributed by atoms with Crippen molar-refractivity contribution in [2.24, 2.45) is 0 Å². The predicted octanol–water partition coefficient (Wildman–Crippen LogP) is 3.51. The summed E-state index contributed by atoms with van der Waals surface area (Å²) in [7, 11) is 1.63. The molecule has 0 fully saturated rings. The highest BCUT2D eigenvalue weighted by Crippen LogP contribution is 2.30. The van der Waals surface area contributed by atoms with Gasteiger partial charge in [-0.15, -0.1) is 0 Å². The molecular weight excluding hydrogens is 356 g/mol. The second kappa shape index (κ2) is 7.64. The lowest BCUT2D eigenvalue weighted by atomic mass is 10.2. The molecule has 0 saturated carbocycles. The molecule has 6 heteroatoms. The summed E-state index contributed by atoms with van der Waals surface area (Å²) in [5, 5.41) is 9.90. The Morgan fingerprint density at radius 1 is 1.38 bits per heavy atom. The molecule has 0 aliphatic rings. The number of rotatable bonds is 6. The van der Waals surface area contributed by atoms with E-state index in [-0.39, 0.29) is 6.61 Å². The quantitative estimate of drug-likeness (QED) is 0.844. The molecule has 0 spiro atoms. The number of methoxy groups -OCH3 is 1. The standard InChI is InChI=1S/C15H16BrClN2O2/c1-21-15-5-3-2-4-14(15)19(6-7-20)10-13-12(16)8-11(17)9-18-13/h2-5,8-9,20H,6-7,10H2,1H3. The number of para-hydroxylation sites is 2. The second-order valence-corrected chi connectivity index (χ2v) is 5.69. The first-order chi connectivity index (χ1) is 10.2. The summed E-state index contributed by atoms with van der Waals surface area (Å²) in [5.41, 5.74) is 1.76. The Morgan fingerprint density at radius 3 is 2.81 bits per heavy atom. The summed E-state index contributed by atoms with van der Waals surface area (Å²) < 4.78 is 6.22. The number of nitrogens with zero attached hydrogens (tertiary/aromatic N) is 2. The zero-order chi connectivity index (χ0) is 15.2. The molecule has 1 N–H and O–H groups in total. The van der Waals surface area contributed by atoms with E-state index >= 15 is 0 Å². The SMILES string of the molecule is COc1ccccc1N(CCO)Cc1ncc(Cl)cc1Br. The molecule has 0 bridgehead atoms. The lowest BCUT2D eigenvalue weighted by Gasteiger charge is -2.25. The largest absolute Gasteiger partial charge is 0.495 e. The topological polar surface area (TPSA) is 45.6 Å². The molecule has 112 valence electrons. The van der Waals surface area contributed by atoms with Crippen molar-refractivity contribution in [1.82, 2.24) is 4.98 Å². The smallest absolute Gasteiger partial charge is 0.142 e. The van der Waals surface area contributed by atoms with Crippen LogP contribution in [-0.2, 0) is 6.54 Å². The van der Waals surface area contributed by atoms with E-state index in [0.717, 1.165) is 21.6 Å². The third-order valence-corrected chi connectivity index (χ3v) is 3.91. The van der Waals surface area contributed by atoms with Crippen molar-refractivity contribution in [2.45, 2.75) is 6.54 Å². The van der Waals surface area contributed by atoms with E-state index in [1.807, 2.05) is 35.2 Å². The van der Waals surface area contributed by atoms with Gasteiger partial charge in [-0.05, 0) is 34.1 Å². The van der Waals surface area contributed by atoms with Crippen LogP contribution in [0.2, 0.25) is 5.02 Å². The number of ether oxygens (including phenoxy) is 1. The molecule has 0 radical (unpaired) electrons. The lowest BCUT2D eigenvalue weighted by molar-refractivity contribution is 0.300. The summed E-state index contributed by atoms with van der Waals surface area (Å²) in [4.78, 5) is 6.35. The number of aromatic nitrogens is 1. The van der Waals surface area contributed by atoms with Gasteiger partial charge in [0.1, 0.15) is 5.75 Å². The molecule has 2 rings (SSSR count). The molecule has 0 saturated heterocycles. The summed E-state index contributed by atoms with van der Waals surface area (Å²) in [5.74, 6) is 0.760. The fraction of sp³-hybridized carbons (Fsp3) is 0.267. The van der Waals surface area contributed by atoms with Gasteiger partial charge < -0.3 is 14.7 Å². The van der Waals surface area contributed by atoms with Gasteiger partial charge in [-0.1, -0.05) is 23.7 Å². The van der Waals surface area contributed by atoms with Crippen LogP contribution in [-0.4, -0.2) is 30.4 Å². The number of hydrogen-bond donors (Lipinski definition) is 1. The van der Waals surface area contributed by atoms with Crippen LogP contribution >= 0.6 is 27.5 Å². The van der Waals surface area contributed by atoms with Crippen molar-refractivity contribution >= 4 is 33.2 Å². The number of anilines is 1.